The molecule has 1 unspecified atom stereocenters. The summed E-state index contributed by atoms with van der Waals surface area (Å²) in [6.45, 7) is 0.750. The average Bonchev–Trinajstić information content (AvgIpc) is 2.39. The van der Waals surface area contributed by atoms with E-state index in [1.165, 1.54) is 5.56 Å². The van der Waals surface area contributed by atoms with Crippen LogP contribution in [0.3, 0.4) is 0 Å². The summed E-state index contributed by atoms with van der Waals surface area (Å²) in [4.78, 5) is 0. The van der Waals surface area contributed by atoms with Gasteiger partial charge in [-0.25, -0.2) is 0 Å². The summed E-state index contributed by atoms with van der Waals surface area (Å²) in [5.41, 5.74) is 2.33. The summed E-state index contributed by atoms with van der Waals surface area (Å²) in [7, 11) is 0. The molecule has 1 aliphatic heterocycles. The van der Waals surface area contributed by atoms with E-state index < -0.39 is 0 Å². The molecule has 2 nitrogen and oxygen atoms in total. The highest BCUT2D eigenvalue weighted by molar-refractivity contribution is 9.10. The van der Waals surface area contributed by atoms with Gasteiger partial charge in [0.2, 0.25) is 0 Å². The van der Waals surface area contributed by atoms with Crippen LogP contribution in [0.4, 0.5) is 5.69 Å². The third kappa shape index (κ3) is 2.95. The number of rotatable bonds is 2. The van der Waals surface area contributed by atoms with Crippen LogP contribution in [0.5, 0.6) is 5.75 Å². The number of hydrogen-bond acceptors (Lipinski definition) is 2. The molecule has 1 N–H and O–H groups in total. The molecule has 98 valence electrons. The molecule has 19 heavy (non-hydrogen) atoms. The summed E-state index contributed by atoms with van der Waals surface area (Å²) in [6.07, 6.45) is 0.968. The normalized spacial score (nSPS) is 17.5. The highest BCUT2D eigenvalue weighted by atomic mass is 79.9. The van der Waals surface area contributed by atoms with E-state index in [4.69, 9.17) is 4.74 Å². The maximum Gasteiger partial charge on any atom is 0.124 e. The number of nitrogens with one attached hydrogen (secondary N) is 1. The zero-order chi connectivity index (χ0) is 13.2. The van der Waals surface area contributed by atoms with Gasteiger partial charge in [-0.05, 0) is 36.4 Å². The molecule has 0 spiro atoms. The predicted octanol–water partition coefficient (Wildman–Crippen LogP) is 5.15. The average molecular weight is 383 g/mol. The van der Waals surface area contributed by atoms with E-state index in [9.17, 15) is 0 Å². The van der Waals surface area contributed by atoms with Crippen molar-refractivity contribution in [3.8, 4) is 5.75 Å². The Hall–Kier alpha value is -1.00. The molecule has 1 aliphatic rings. The Bertz CT molecular complexity index is 600. The minimum atomic E-state index is 0.288. The van der Waals surface area contributed by atoms with E-state index in [2.05, 4.69) is 55.4 Å². The van der Waals surface area contributed by atoms with E-state index in [1.807, 2.05) is 24.3 Å². The summed E-state index contributed by atoms with van der Waals surface area (Å²) in [5, 5.41) is 3.57. The van der Waals surface area contributed by atoms with Crippen LogP contribution in [0.25, 0.3) is 0 Å². The van der Waals surface area contributed by atoms with Crippen molar-refractivity contribution in [2.75, 3.05) is 11.9 Å². The lowest BCUT2D eigenvalue weighted by molar-refractivity contribution is 0.274. The van der Waals surface area contributed by atoms with E-state index >= 15 is 0 Å². The van der Waals surface area contributed by atoms with Crippen LogP contribution in [0.2, 0.25) is 0 Å². The fourth-order valence-corrected chi connectivity index (χ4v) is 3.07. The van der Waals surface area contributed by atoms with Crippen molar-refractivity contribution in [3.63, 3.8) is 0 Å². The van der Waals surface area contributed by atoms with Gasteiger partial charge in [0.05, 0.1) is 12.6 Å². The molecule has 0 fully saturated rings. The minimum Gasteiger partial charge on any atom is -0.493 e. The molecule has 0 saturated carbocycles. The molecule has 2 aromatic carbocycles. The molecule has 4 heteroatoms. The largest absolute Gasteiger partial charge is 0.493 e. The Morgan fingerprint density at radius 2 is 1.89 bits per heavy atom. The van der Waals surface area contributed by atoms with Gasteiger partial charge < -0.3 is 10.1 Å². The standard InChI is InChI=1S/C15H13Br2NO/c16-10-2-1-3-12(8-10)18-14-6-7-19-15-5-4-11(17)9-13(14)15/h1-5,8-9,14,18H,6-7H2. The van der Waals surface area contributed by atoms with Gasteiger partial charge in [-0.1, -0.05) is 37.9 Å². The van der Waals surface area contributed by atoms with Gasteiger partial charge in [0.1, 0.15) is 5.75 Å². The van der Waals surface area contributed by atoms with E-state index in [-0.39, 0.29) is 6.04 Å². The van der Waals surface area contributed by atoms with Crippen molar-refractivity contribution in [3.05, 3.63) is 57.0 Å². The number of ether oxygens (including phenoxy) is 1. The number of benzene rings is 2. The molecular formula is C15H13Br2NO. The molecule has 3 rings (SSSR count). The minimum absolute atomic E-state index is 0.288. The van der Waals surface area contributed by atoms with Crippen molar-refractivity contribution >= 4 is 37.5 Å². The molecule has 2 aromatic rings. The van der Waals surface area contributed by atoms with Crippen molar-refractivity contribution in [1.29, 1.82) is 0 Å². The fraction of sp³-hybridized carbons (Fsp3) is 0.200. The fourth-order valence-electron chi connectivity index (χ4n) is 2.29. The first kappa shape index (κ1) is 13.0. The lowest BCUT2D eigenvalue weighted by Crippen LogP contribution is -2.20. The van der Waals surface area contributed by atoms with Crippen LogP contribution in [0, 0.1) is 0 Å². The highest BCUT2D eigenvalue weighted by Crippen LogP contribution is 2.36. The van der Waals surface area contributed by atoms with Gasteiger partial charge >= 0.3 is 0 Å². The van der Waals surface area contributed by atoms with Gasteiger partial charge in [0, 0.05) is 26.6 Å². The SMILES string of the molecule is Brc1cccc(NC2CCOc3ccc(Br)cc32)c1. The number of fused-ring (bicyclic) bond motifs is 1. The maximum atomic E-state index is 5.70. The van der Waals surface area contributed by atoms with E-state index in [1.54, 1.807) is 0 Å². The Morgan fingerprint density at radius 1 is 1.05 bits per heavy atom. The zero-order valence-corrected chi connectivity index (χ0v) is 13.4. The molecule has 0 aliphatic carbocycles. The van der Waals surface area contributed by atoms with Crippen LogP contribution in [-0.4, -0.2) is 6.61 Å². The van der Waals surface area contributed by atoms with Gasteiger partial charge in [-0.2, -0.15) is 0 Å². The molecule has 0 amide bonds. The lowest BCUT2D eigenvalue weighted by Gasteiger charge is -2.27. The van der Waals surface area contributed by atoms with E-state index in [0.717, 1.165) is 33.4 Å². The molecule has 0 radical (unpaired) electrons. The first-order valence-corrected chi connectivity index (χ1v) is 7.75. The van der Waals surface area contributed by atoms with Gasteiger partial charge in [0.15, 0.2) is 0 Å². The van der Waals surface area contributed by atoms with Gasteiger partial charge in [0.25, 0.3) is 0 Å². The third-order valence-electron chi connectivity index (χ3n) is 3.18. The first-order valence-electron chi connectivity index (χ1n) is 6.17. The Labute approximate surface area is 129 Å². The summed E-state index contributed by atoms with van der Waals surface area (Å²) in [6, 6.07) is 14.7. The summed E-state index contributed by atoms with van der Waals surface area (Å²) < 4.78 is 7.86. The quantitative estimate of drug-likeness (QED) is 0.775. The second-order valence-electron chi connectivity index (χ2n) is 4.53. The predicted molar refractivity (Wildman–Crippen MR) is 84.8 cm³/mol. The summed E-state index contributed by atoms with van der Waals surface area (Å²) in [5.74, 6) is 0.974. The zero-order valence-electron chi connectivity index (χ0n) is 10.2. The van der Waals surface area contributed by atoms with Crippen LogP contribution in [0.1, 0.15) is 18.0 Å². The molecule has 0 bridgehead atoms. The van der Waals surface area contributed by atoms with Crippen LogP contribution in [0.15, 0.2) is 51.4 Å². The lowest BCUT2D eigenvalue weighted by atomic mass is 10.0. The van der Waals surface area contributed by atoms with Gasteiger partial charge in [-0.15, -0.1) is 0 Å². The van der Waals surface area contributed by atoms with Crippen molar-refractivity contribution in [2.24, 2.45) is 0 Å². The van der Waals surface area contributed by atoms with Crippen molar-refractivity contribution < 1.29 is 4.74 Å². The molecule has 0 saturated heterocycles. The first-order chi connectivity index (χ1) is 9.22. The Kier molecular flexibility index (Phi) is 3.80. The molecule has 1 atom stereocenters. The van der Waals surface area contributed by atoms with Crippen molar-refractivity contribution in [2.45, 2.75) is 12.5 Å². The van der Waals surface area contributed by atoms with Gasteiger partial charge in [-0.3, -0.25) is 0 Å². The third-order valence-corrected chi connectivity index (χ3v) is 4.16. The second-order valence-corrected chi connectivity index (χ2v) is 6.36. The Balaban J connectivity index is 1.89. The van der Waals surface area contributed by atoms with E-state index in [0.29, 0.717) is 0 Å². The number of anilines is 1. The van der Waals surface area contributed by atoms with Crippen LogP contribution in [-0.2, 0) is 0 Å². The second kappa shape index (κ2) is 5.55. The smallest absolute Gasteiger partial charge is 0.124 e. The van der Waals surface area contributed by atoms with Crippen molar-refractivity contribution in [1.82, 2.24) is 0 Å². The van der Waals surface area contributed by atoms with Crippen LogP contribution < -0.4 is 10.1 Å². The molecular weight excluding hydrogens is 370 g/mol. The summed E-state index contributed by atoms with van der Waals surface area (Å²) >= 11 is 7.02. The maximum absolute atomic E-state index is 5.70. The number of hydrogen-bond donors (Lipinski definition) is 1. The van der Waals surface area contributed by atoms with Crippen LogP contribution >= 0.6 is 31.9 Å². The Morgan fingerprint density at radius 3 is 2.74 bits per heavy atom. The monoisotopic (exact) mass is 381 g/mol. The highest BCUT2D eigenvalue weighted by Gasteiger charge is 2.21. The topological polar surface area (TPSA) is 21.3 Å². The molecule has 1 heterocycles. The number of halogens is 2. The molecule has 0 aromatic heterocycles.